The Morgan fingerprint density at radius 1 is 1.24 bits per heavy atom. The Morgan fingerprint density at radius 3 is 2.71 bits per heavy atom. The Hall–Kier alpha value is -2.10. The number of hydrogen-bond acceptors (Lipinski definition) is 2. The third kappa shape index (κ3) is 3.17. The van der Waals surface area contributed by atoms with Crippen LogP contribution in [0.15, 0.2) is 42.7 Å². The Balaban J connectivity index is 2.00. The second-order valence-electron chi connectivity index (χ2n) is 3.92. The first kappa shape index (κ1) is 11.4. The Labute approximate surface area is 100 Å². The molecule has 4 heteroatoms. The molecule has 1 heterocycles. The molecule has 4 nitrogen and oxygen atoms in total. The standard InChI is InChI=1S/C13H15N3O/c14-12(17)10-16-9-8-15-13(16)7-6-11-4-2-1-3-5-11/h1-5,8-9H,6-7,10H2,(H2,14,17). The van der Waals surface area contributed by atoms with E-state index in [1.807, 2.05) is 18.2 Å². The highest BCUT2D eigenvalue weighted by molar-refractivity contribution is 5.73. The maximum atomic E-state index is 10.9. The topological polar surface area (TPSA) is 60.9 Å². The van der Waals surface area contributed by atoms with Crippen molar-refractivity contribution in [1.29, 1.82) is 0 Å². The fraction of sp³-hybridized carbons (Fsp3) is 0.231. The molecular formula is C13H15N3O. The van der Waals surface area contributed by atoms with E-state index in [1.165, 1.54) is 5.56 Å². The van der Waals surface area contributed by atoms with Gasteiger partial charge in [0, 0.05) is 18.8 Å². The second kappa shape index (κ2) is 5.30. The molecule has 2 N–H and O–H groups in total. The van der Waals surface area contributed by atoms with Crippen LogP contribution in [0.2, 0.25) is 0 Å². The molecule has 1 aromatic heterocycles. The summed E-state index contributed by atoms with van der Waals surface area (Å²) in [6.45, 7) is 0.199. The summed E-state index contributed by atoms with van der Waals surface area (Å²) in [4.78, 5) is 15.1. The SMILES string of the molecule is NC(=O)Cn1ccnc1CCc1ccccc1. The summed E-state index contributed by atoms with van der Waals surface area (Å²) in [5.41, 5.74) is 6.44. The molecule has 0 aliphatic carbocycles. The third-order valence-corrected chi connectivity index (χ3v) is 2.61. The van der Waals surface area contributed by atoms with Gasteiger partial charge in [-0.25, -0.2) is 4.98 Å². The van der Waals surface area contributed by atoms with Crippen molar-refractivity contribution in [1.82, 2.24) is 9.55 Å². The predicted molar refractivity (Wildman–Crippen MR) is 65.3 cm³/mol. The summed E-state index contributed by atoms with van der Waals surface area (Å²) in [5, 5.41) is 0. The minimum atomic E-state index is -0.344. The minimum Gasteiger partial charge on any atom is -0.368 e. The molecule has 0 saturated heterocycles. The molecule has 2 aromatic rings. The highest BCUT2D eigenvalue weighted by atomic mass is 16.1. The van der Waals surface area contributed by atoms with E-state index in [9.17, 15) is 4.79 Å². The van der Waals surface area contributed by atoms with Gasteiger partial charge in [0.15, 0.2) is 0 Å². The molecule has 0 spiro atoms. The fourth-order valence-electron chi connectivity index (χ4n) is 1.78. The second-order valence-corrected chi connectivity index (χ2v) is 3.92. The van der Waals surface area contributed by atoms with Gasteiger partial charge in [-0.05, 0) is 12.0 Å². The molecular weight excluding hydrogens is 214 g/mol. The highest BCUT2D eigenvalue weighted by Crippen LogP contribution is 2.05. The normalized spacial score (nSPS) is 10.4. The Morgan fingerprint density at radius 2 is 2.00 bits per heavy atom. The summed E-state index contributed by atoms with van der Waals surface area (Å²) in [5.74, 6) is 0.552. The molecule has 2 rings (SSSR count). The Bertz CT molecular complexity index is 490. The third-order valence-electron chi connectivity index (χ3n) is 2.61. The quantitative estimate of drug-likeness (QED) is 0.836. The molecule has 0 aliphatic heterocycles. The van der Waals surface area contributed by atoms with Gasteiger partial charge in [0.2, 0.25) is 5.91 Å². The lowest BCUT2D eigenvalue weighted by Gasteiger charge is -2.05. The van der Waals surface area contributed by atoms with Crippen molar-refractivity contribution in [2.75, 3.05) is 0 Å². The molecule has 0 fully saturated rings. The summed E-state index contributed by atoms with van der Waals surface area (Å²) < 4.78 is 1.80. The molecule has 0 atom stereocenters. The molecule has 0 bridgehead atoms. The van der Waals surface area contributed by atoms with Gasteiger partial charge in [0.05, 0.1) is 0 Å². The lowest BCUT2D eigenvalue weighted by molar-refractivity contribution is -0.118. The lowest BCUT2D eigenvalue weighted by Crippen LogP contribution is -2.19. The number of aryl methyl sites for hydroxylation is 2. The van der Waals surface area contributed by atoms with Gasteiger partial charge in [0.1, 0.15) is 12.4 Å². The minimum absolute atomic E-state index is 0.199. The van der Waals surface area contributed by atoms with Crippen LogP contribution in [0.4, 0.5) is 0 Å². The van der Waals surface area contributed by atoms with Crippen LogP contribution in [0.5, 0.6) is 0 Å². The number of nitrogens with two attached hydrogens (primary N) is 1. The fourth-order valence-corrected chi connectivity index (χ4v) is 1.78. The summed E-state index contributed by atoms with van der Waals surface area (Å²) in [6.07, 6.45) is 5.20. The molecule has 0 aliphatic rings. The number of carbonyl (C=O) groups excluding carboxylic acids is 1. The molecule has 0 saturated carbocycles. The maximum absolute atomic E-state index is 10.9. The average Bonchev–Trinajstić information content (AvgIpc) is 2.74. The predicted octanol–water partition coefficient (Wildman–Crippen LogP) is 1.15. The summed E-state index contributed by atoms with van der Waals surface area (Å²) >= 11 is 0. The van der Waals surface area contributed by atoms with Crippen molar-refractivity contribution in [2.24, 2.45) is 5.73 Å². The van der Waals surface area contributed by atoms with Crippen molar-refractivity contribution in [3.8, 4) is 0 Å². The van der Waals surface area contributed by atoms with Crippen LogP contribution in [-0.2, 0) is 24.2 Å². The first-order chi connectivity index (χ1) is 8.25. The van der Waals surface area contributed by atoms with Gasteiger partial charge in [-0.3, -0.25) is 4.79 Å². The molecule has 0 radical (unpaired) electrons. The van der Waals surface area contributed by atoms with E-state index in [-0.39, 0.29) is 12.5 Å². The molecule has 17 heavy (non-hydrogen) atoms. The van der Waals surface area contributed by atoms with Gasteiger partial charge < -0.3 is 10.3 Å². The molecule has 88 valence electrons. The highest BCUT2D eigenvalue weighted by Gasteiger charge is 2.05. The van der Waals surface area contributed by atoms with E-state index in [4.69, 9.17) is 5.73 Å². The number of amides is 1. The number of carbonyl (C=O) groups is 1. The maximum Gasteiger partial charge on any atom is 0.237 e. The van der Waals surface area contributed by atoms with Crippen LogP contribution in [0, 0.1) is 0 Å². The van der Waals surface area contributed by atoms with E-state index < -0.39 is 0 Å². The molecule has 1 aromatic carbocycles. The first-order valence-corrected chi connectivity index (χ1v) is 5.58. The smallest absolute Gasteiger partial charge is 0.237 e. The molecule has 0 unspecified atom stereocenters. The number of primary amides is 1. The van der Waals surface area contributed by atoms with Crippen molar-refractivity contribution in [3.05, 3.63) is 54.1 Å². The largest absolute Gasteiger partial charge is 0.368 e. The zero-order chi connectivity index (χ0) is 12.1. The van der Waals surface area contributed by atoms with Crippen LogP contribution in [0.25, 0.3) is 0 Å². The average molecular weight is 229 g/mol. The van der Waals surface area contributed by atoms with E-state index in [2.05, 4.69) is 17.1 Å². The van der Waals surface area contributed by atoms with E-state index >= 15 is 0 Å². The number of nitrogens with zero attached hydrogens (tertiary/aromatic N) is 2. The Kier molecular flexibility index (Phi) is 3.55. The van der Waals surface area contributed by atoms with Crippen molar-refractivity contribution >= 4 is 5.91 Å². The number of rotatable bonds is 5. The summed E-state index contributed by atoms with van der Waals surface area (Å²) in [6, 6.07) is 10.2. The zero-order valence-corrected chi connectivity index (χ0v) is 9.54. The van der Waals surface area contributed by atoms with Gasteiger partial charge in [-0.1, -0.05) is 30.3 Å². The van der Waals surface area contributed by atoms with Crippen LogP contribution in [0.1, 0.15) is 11.4 Å². The van der Waals surface area contributed by atoms with E-state index in [0.29, 0.717) is 0 Å². The zero-order valence-electron chi connectivity index (χ0n) is 9.54. The van der Waals surface area contributed by atoms with Crippen molar-refractivity contribution < 1.29 is 4.79 Å². The summed E-state index contributed by atoms with van der Waals surface area (Å²) in [7, 11) is 0. The number of hydrogen-bond donors (Lipinski definition) is 1. The van der Waals surface area contributed by atoms with Gasteiger partial charge in [-0.15, -0.1) is 0 Å². The van der Waals surface area contributed by atoms with Crippen LogP contribution in [-0.4, -0.2) is 15.5 Å². The van der Waals surface area contributed by atoms with Crippen molar-refractivity contribution in [2.45, 2.75) is 19.4 Å². The van der Waals surface area contributed by atoms with Crippen LogP contribution < -0.4 is 5.73 Å². The van der Waals surface area contributed by atoms with Gasteiger partial charge in [-0.2, -0.15) is 0 Å². The number of aromatic nitrogens is 2. The lowest BCUT2D eigenvalue weighted by atomic mass is 10.1. The van der Waals surface area contributed by atoms with E-state index in [0.717, 1.165) is 18.7 Å². The van der Waals surface area contributed by atoms with Gasteiger partial charge >= 0.3 is 0 Å². The first-order valence-electron chi connectivity index (χ1n) is 5.58. The van der Waals surface area contributed by atoms with Crippen LogP contribution in [0.3, 0.4) is 0 Å². The number of imidazole rings is 1. The van der Waals surface area contributed by atoms with Crippen LogP contribution >= 0.6 is 0 Å². The van der Waals surface area contributed by atoms with E-state index in [1.54, 1.807) is 17.0 Å². The number of benzene rings is 1. The molecule has 1 amide bonds. The van der Waals surface area contributed by atoms with Crippen molar-refractivity contribution in [3.63, 3.8) is 0 Å². The van der Waals surface area contributed by atoms with Gasteiger partial charge in [0.25, 0.3) is 0 Å². The monoisotopic (exact) mass is 229 g/mol.